The standard InChI is InChI=1S/C16H19NO2/c1-16(2,3)19-15(18)17-11-13-9-6-8-12-7-4-5-10-14(12)13/h4-10H,11H2,1-3H3,(H,17,18). The predicted molar refractivity (Wildman–Crippen MR) is 77.0 cm³/mol. The number of fused-ring (bicyclic) bond motifs is 1. The smallest absolute Gasteiger partial charge is 0.407 e. The minimum atomic E-state index is -0.469. The Morgan fingerprint density at radius 3 is 2.53 bits per heavy atom. The molecule has 19 heavy (non-hydrogen) atoms. The lowest BCUT2D eigenvalue weighted by Gasteiger charge is -2.19. The third-order valence-corrected chi connectivity index (χ3v) is 2.70. The van der Waals surface area contributed by atoms with E-state index in [2.05, 4.69) is 23.5 Å². The van der Waals surface area contributed by atoms with Crippen LogP contribution in [0, 0.1) is 0 Å². The maximum atomic E-state index is 11.6. The van der Waals surface area contributed by atoms with Crippen LogP contribution in [-0.4, -0.2) is 11.7 Å². The number of carbonyl (C=O) groups is 1. The van der Waals surface area contributed by atoms with Gasteiger partial charge in [-0.3, -0.25) is 0 Å². The third-order valence-electron chi connectivity index (χ3n) is 2.70. The maximum absolute atomic E-state index is 11.6. The molecule has 0 aliphatic heterocycles. The molecule has 2 aromatic carbocycles. The Balaban J connectivity index is 2.08. The molecular formula is C16H19NO2. The van der Waals surface area contributed by atoms with Gasteiger partial charge in [-0.05, 0) is 37.1 Å². The van der Waals surface area contributed by atoms with Gasteiger partial charge >= 0.3 is 6.09 Å². The summed E-state index contributed by atoms with van der Waals surface area (Å²) in [7, 11) is 0. The van der Waals surface area contributed by atoms with Crippen LogP contribution >= 0.6 is 0 Å². The van der Waals surface area contributed by atoms with E-state index in [0.717, 1.165) is 10.9 Å². The molecule has 3 nitrogen and oxygen atoms in total. The Morgan fingerprint density at radius 1 is 1.11 bits per heavy atom. The molecule has 0 heterocycles. The summed E-state index contributed by atoms with van der Waals surface area (Å²) in [4.78, 5) is 11.6. The highest BCUT2D eigenvalue weighted by Gasteiger charge is 2.15. The Morgan fingerprint density at radius 2 is 1.79 bits per heavy atom. The number of hydrogen-bond donors (Lipinski definition) is 1. The topological polar surface area (TPSA) is 38.3 Å². The van der Waals surface area contributed by atoms with E-state index in [0.29, 0.717) is 6.54 Å². The van der Waals surface area contributed by atoms with Crippen molar-refractivity contribution >= 4 is 16.9 Å². The first-order chi connectivity index (χ1) is 8.96. The second-order valence-corrected chi connectivity index (χ2v) is 5.49. The largest absolute Gasteiger partial charge is 0.444 e. The Labute approximate surface area is 113 Å². The van der Waals surface area contributed by atoms with Crippen molar-refractivity contribution < 1.29 is 9.53 Å². The van der Waals surface area contributed by atoms with E-state index in [1.54, 1.807) is 0 Å². The van der Waals surface area contributed by atoms with Gasteiger partial charge in [0, 0.05) is 6.54 Å². The predicted octanol–water partition coefficient (Wildman–Crippen LogP) is 3.86. The van der Waals surface area contributed by atoms with Crippen LogP contribution in [0.1, 0.15) is 26.3 Å². The van der Waals surface area contributed by atoms with Gasteiger partial charge in [-0.2, -0.15) is 0 Å². The molecule has 0 aromatic heterocycles. The van der Waals surface area contributed by atoms with Gasteiger partial charge in [-0.15, -0.1) is 0 Å². The van der Waals surface area contributed by atoms with E-state index in [4.69, 9.17) is 4.74 Å². The number of alkyl carbamates (subject to hydrolysis) is 1. The van der Waals surface area contributed by atoms with E-state index in [-0.39, 0.29) is 6.09 Å². The number of carbonyl (C=O) groups excluding carboxylic acids is 1. The first kappa shape index (κ1) is 13.4. The van der Waals surface area contributed by atoms with Crippen molar-refractivity contribution in [3.05, 3.63) is 48.0 Å². The number of amides is 1. The molecule has 0 saturated carbocycles. The molecule has 0 saturated heterocycles. The van der Waals surface area contributed by atoms with E-state index in [1.165, 1.54) is 5.39 Å². The Hall–Kier alpha value is -2.03. The fourth-order valence-electron chi connectivity index (χ4n) is 1.93. The van der Waals surface area contributed by atoms with Crippen LogP contribution in [0.5, 0.6) is 0 Å². The average Bonchev–Trinajstić information content (AvgIpc) is 2.34. The first-order valence-electron chi connectivity index (χ1n) is 6.39. The molecule has 0 bridgehead atoms. The van der Waals surface area contributed by atoms with Gasteiger partial charge in [0.05, 0.1) is 0 Å². The second-order valence-electron chi connectivity index (χ2n) is 5.49. The summed E-state index contributed by atoms with van der Waals surface area (Å²) >= 11 is 0. The zero-order chi connectivity index (χ0) is 13.9. The fourth-order valence-corrected chi connectivity index (χ4v) is 1.93. The highest BCUT2D eigenvalue weighted by molar-refractivity contribution is 5.85. The van der Waals surface area contributed by atoms with Gasteiger partial charge < -0.3 is 10.1 Å². The zero-order valence-corrected chi connectivity index (χ0v) is 11.6. The highest BCUT2D eigenvalue weighted by Crippen LogP contribution is 2.18. The Kier molecular flexibility index (Phi) is 3.74. The Bertz CT molecular complexity index is 579. The molecule has 2 rings (SSSR count). The lowest BCUT2D eigenvalue weighted by molar-refractivity contribution is 0.0524. The van der Waals surface area contributed by atoms with Crippen molar-refractivity contribution in [1.82, 2.24) is 5.32 Å². The fraction of sp³-hybridized carbons (Fsp3) is 0.312. The van der Waals surface area contributed by atoms with Gasteiger partial charge in [0.15, 0.2) is 0 Å². The van der Waals surface area contributed by atoms with Crippen LogP contribution in [-0.2, 0) is 11.3 Å². The molecule has 1 N–H and O–H groups in total. The minimum Gasteiger partial charge on any atom is -0.444 e. The van der Waals surface area contributed by atoms with E-state index < -0.39 is 5.60 Å². The summed E-state index contributed by atoms with van der Waals surface area (Å²) in [5.74, 6) is 0. The molecule has 0 radical (unpaired) electrons. The van der Waals surface area contributed by atoms with Crippen molar-refractivity contribution in [3.8, 4) is 0 Å². The van der Waals surface area contributed by atoms with Crippen LogP contribution in [0.3, 0.4) is 0 Å². The molecule has 2 aromatic rings. The lowest BCUT2D eigenvalue weighted by Crippen LogP contribution is -2.32. The van der Waals surface area contributed by atoms with Crippen LogP contribution < -0.4 is 5.32 Å². The van der Waals surface area contributed by atoms with E-state index >= 15 is 0 Å². The van der Waals surface area contributed by atoms with Crippen LogP contribution in [0.25, 0.3) is 10.8 Å². The van der Waals surface area contributed by atoms with Gasteiger partial charge in [-0.1, -0.05) is 42.5 Å². The van der Waals surface area contributed by atoms with E-state index in [1.807, 2.05) is 45.0 Å². The van der Waals surface area contributed by atoms with Crippen LogP contribution in [0.2, 0.25) is 0 Å². The summed E-state index contributed by atoms with van der Waals surface area (Å²) in [5.41, 5.74) is 0.618. The van der Waals surface area contributed by atoms with Gasteiger partial charge in [-0.25, -0.2) is 4.79 Å². The molecule has 0 unspecified atom stereocenters. The van der Waals surface area contributed by atoms with Crippen molar-refractivity contribution in [2.45, 2.75) is 32.9 Å². The van der Waals surface area contributed by atoms with Crippen molar-refractivity contribution in [1.29, 1.82) is 0 Å². The quantitative estimate of drug-likeness (QED) is 0.887. The molecule has 3 heteroatoms. The summed E-state index contributed by atoms with van der Waals surface area (Å²) in [6.45, 7) is 6.02. The van der Waals surface area contributed by atoms with Gasteiger partial charge in [0.2, 0.25) is 0 Å². The van der Waals surface area contributed by atoms with Crippen molar-refractivity contribution in [2.24, 2.45) is 0 Å². The van der Waals surface area contributed by atoms with Gasteiger partial charge in [0.25, 0.3) is 0 Å². The lowest BCUT2D eigenvalue weighted by atomic mass is 10.0. The minimum absolute atomic E-state index is 0.388. The monoisotopic (exact) mass is 257 g/mol. The zero-order valence-electron chi connectivity index (χ0n) is 11.6. The molecule has 0 spiro atoms. The number of ether oxygens (including phenoxy) is 1. The van der Waals surface area contributed by atoms with E-state index in [9.17, 15) is 4.79 Å². The summed E-state index contributed by atoms with van der Waals surface area (Å²) < 4.78 is 5.22. The summed E-state index contributed by atoms with van der Waals surface area (Å²) in [6, 6.07) is 14.2. The molecular weight excluding hydrogens is 238 g/mol. The summed E-state index contributed by atoms with van der Waals surface area (Å²) in [6.07, 6.45) is -0.388. The second kappa shape index (κ2) is 5.31. The third kappa shape index (κ3) is 3.71. The van der Waals surface area contributed by atoms with Gasteiger partial charge in [0.1, 0.15) is 5.60 Å². The highest BCUT2D eigenvalue weighted by atomic mass is 16.6. The number of hydrogen-bond acceptors (Lipinski definition) is 2. The molecule has 100 valence electrons. The normalized spacial score (nSPS) is 11.3. The molecule has 0 aliphatic rings. The summed E-state index contributed by atoms with van der Waals surface area (Å²) in [5, 5.41) is 5.11. The number of nitrogens with one attached hydrogen (secondary N) is 1. The van der Waals surface area contributed by atoms with Crippen molar-refractivity contribution in [2.75, 3.05) is 0 Å². The number of rotatable bonds is 2. The first-order valence-corrected chi connectivity index (χ1v) is 6.39. The molecule has 0 fully saturated rings. The number of benzene rings is 2. The van der Waals surface area contributed by atoms with Crippen molar-refractivity contribution in [3.63, 3.8) is 0 Å². The SMILES string of the molecule is CC(C)(C)OC(=O)NCc1cccc2ccccc12. The van der Waals surface area contributed by atoms with Crippen LogP contribution in [0.4, 0.5) is 4.79 Å². The maximum Gasteiger partial charge on any atom is 0.407 e. The molecule has 0 atom stereocenters. The average molecular weight is 257 g/mol. The molecule has 1 amide bonds. The van der Waals surface area contributed by atoms with Crippen LogP contribution in [0.15, 0.2) is 42.5 Å². The molecule has 0 aliphatic carbocycles.